The molecular formula is C12H7BrClF2NO. The molecule has 2 aromatic rings. The zero-order valence-electron chi connectivity index (χ0n) is 8.88. The molecule has 0 aliphatic rings. The third-order valence-corrected chi connectivity index (χ3v) is 2.98. The highest BCUT2D eigenvalue weighted by molar-refractivity contribution is 9.10. The fraction of sp³-hybridized carbons (Fsp3) is 0. The lowest BCUT2D eigenvalue weighted by Gasteiger charge is -2.10. The van der Waals surface area contributed by atoms with E-state index in [-0.39, 0.29) is 17.2 Å². The van der Waals surface area contributed by atoms with Crippen molar-refractivity contribution >= 4 is 33.2 Å². The summed E-state index contributed by atoms with van der Waals surface area (Å²) < 4.78 is 32.3. The van der Waals surface area contributed by atoms with E-state index in [0.717, 1.165) is 10.5 Å². The Morgan fingerprint density at radius 3 is 2.56 bits per heavy atom. The van der Waals surface area contributed by atoms with Gasteiger partial charge in [-0.05, 0) is 18.2 Å². The number of hydrogen-bond donors (Lipinski definition) is 1. The maximum absolute atomic E-state index is 13.2. The minimum Gasteiger partial charge on any atom is -0.453 e. The molecule has 18 heavy (non-hydrogen) atoms. The van der Waals surface area contributed by atoms with Gasteiger partial charge in [-0.1, -0.05) is 27.5 Å². The first-order chi connectivity index (χ1) is 8.47. The molecular weight excluding hydrogens is 327 g/mol. The Labute approximate surface area is 115 Å². The van der Waals surface area contributed by atoms with Crippen LogP contribution >= 0.6 is 27.5 Å². The molecule has 0 amide bonds. The molecule has 6 heteroatoms. The lowest BCUT2D eigenvalue weighted by atomic mass is 10.2. The largest absolute Gasteiger partial charge is 0.453 e. The van der Waals surface area contributed by atoms with Gasteiger partial charge in [0, 0.05) is 16.6 Å². The summed E-state index contributed by atoms with van der Waals surface area (Å²) >= 11 is 9.14. The standard InChI is InChI=1S/C12H7BrClF2NO/c13-6-1-2-8(14)10(3-6)18-11-5-7(15)4-9(16)12(11)17/h1-5H,17H2. The number of nitrogen functional groups attached to an aromatic ring is 1. The minimum absolute atomic E-state index is 0.118. The zero-order valence-corrected chi connectivity index (χ0v) is 11.2. The molecule has 0 heterocycles. The highest BCUT2D eigenvalue weighted by atomic mass is 79.9. The third kappa shape index (κ3) is 2.73. The molecule has 0 atom stereocenters. The van der Waals surface area contributed by atoms with Gasteiger partial charge in [0.25, 0.3) is 0 Å². The van der Waals surface area contributed by atoms with Gasteiger partial charge in [-0.15, -0.1) is 0 Å². The highest BCUT2D eigenvalue weighted by Gasteiger charge is 2.12. The maximum Gasteiger partial charge on any atom is 0.156 e. The van der Waals surface area contributed by atoms with Crippen molar-refractivity contribution in [1.82, 2.24) is 0 Å². The molecule has 2 N–H and O–H groups in total. The monoisotopic (exact) mass is 333 g/mol. The smallest absolute Gasteiger partial charge is 0.156 e. The molecule has 0 aliphatic heterocycles. The second-order valence-electron chi connectivity index (χ2n) is 3.48. The second kappa shape index (κ2) is 5.12. The van der Waals surface area contributed by atoms with Crippen LogP contribution in [0.3, 0.4) is 0 Å². The van der Waals surface area contributed by atoms with Gasteiger partial charge in [0.2, 0.25) is 0 Å². The number of nitrogens with two attached hydrogens (primary N) is 1. The molecule has 0 bridgehead atoms. The van der Waals surface area contributed by atoms with Crippen molar-refractivity contribution in [3.8, 4) is 11.5 Å². The normalized spacial score (nSPS) is 10.4. The van der Waals surface area contributed by atoms with Crippen LogP contribution in [0.15, 0.2) is 34.8 Å². The Balaban J connectivity index is 2.43. The molecule has 2 nitrogen and oxygen atoms in total. The van der Waals surface area contributed by atoms with Crippen LogP contribution in [-0.4, -0.2) is 0 Å². The Morgan fingerprint density at radius 1 is 1.11 bits per heavy atom. The highest BCUT2D eigenvalue weighted by Crippen LogP contribution is 2.35. The van der Waals surface area contributed by atoms with Crippen LogP contribution in [0.1, 0.15) is 0 Å². The van der Waals surface area contributed by atoms with E-state index in [1.807, 2.05) is 0 Å². The van der Waals surface area contributed by atoms with Crippen LogP contribution in [0.5, 0.6) is 11.5 Å². The van der Waals surface area contributed by atoms with Crippen LogP contribution < -0.4 is 10.5 Å². The van der Waals surface area contributed by atoms with Crippen LogP contribution in [0.2, 0.25) is 5.02 Å². The Bertz CT molecular complexity index is 607. The summed E-state index contributed by atoms with van der Waals surface area (Å²) in [7, 11) is 0. The van der Waals surface area contributed by atoms with E-state index >= 15 is 0 Å². The number of ether oxygens (including phenoxy) is 1. The van der Waals surface area contributed by atoms with Crippen LogP contribution in [0.25, 0.3) is 0 Å². The van der Waals surface area contributed by atoms with Crippen molar-refractivity contribution in [1.29, 1.82) is 0 Å². The maximum atomic E-state index is 13.2. The van der Waals surface area contributed by atoms with Gasteiger partial charge >= 0.3 is 0 Å². The Morgan fingerprint density at radius 2 is 1.83 bits per heavy atom. The first-order valence-corrected chi connectivity index (χ1v) is 6.02. The number of anilines is 1. The van der Waals surface area contributed by atoms with Crippen LogP contribution in [0, 0.1) is 11.6 Å². The van der Waals surface area contributed by atoms with E-state index in [4.69, 9.17) is 22.1 Å². The van der Waals surface area contributed by atoms with Gasteiger partial charge in [-0.25, -0.2) is 8.78 Å². The summed E-state index contributed by atoms with van der Waals surface area (Å²) in [6.07, 6.45) is 0. The third-order valence-electron chi connectivity index (χ3n) is 2.17. The molecule has 0 spiro atoms. The van der Waals surface area contributed by atoms with Crippen molar-refractivity contribution in [2.75, 3.05) is 5.73 Å². The Hall–Kier alpha value is -1.33. The average molecular weight is 335 g/mol. The second-order valence-corrected chi connectivity index (χ2v) is 4.80. The molecule has 0 fully saturated rings. The molecule has 0 radical (unpaired) electrons. The molecule has 0 saturated carbocycles. The molecule has 0 aromatic heterocycles. The van der Waals surface area contributed by atoms with Crippen molar-refractivity contribution in [3.63, 3.8) is 0 Å². The molecule has 2 aromatic carbocycles. The van der Waals surface area contributed by atoms with Gasteiger partial charge < -0.3 is 10.5 Å². The molecule has 0 saturated heterocycles. The van der Waals surface area contributed by atoms with Gasteiger partial charge in [-0.2, -0.15) is 0 Å². The van der Waals surface area contributed by atoms with Crippen molar-refractivity contribution in [2.45, 2.75) is 0 Å². The summed E-state index contributed by atoms with van der Waals surface area (Å²) in [5.74, 6) is -1.52. The Kier molecular flexibility index (Phi) is 3.73. The topological polar surface area (TPSA) is 35.2 Å². The lowest BCUT2D eigenvalue weighted by molar-refractivity contribution is 0.472. The SMILES string of the molecule is Nc1c(F)cc(F)cc1Oc1cc(Br)ccc1Cl. The van der Waals surface area contributed by atoms with E-state index in [1.54, 1.807) is 18.2 Å². The molecule has 94 valence electrons. The van der Waals surface area contributed by atoms with Gasteiger partial charge in [0.05, 0.1) is 5.02 Å². The van der Waals surface area contributed by atoms with Crippen molar-refractivity contribution in [2.24, 2.45) is 0 Å². The van der Waals surface area contributed by atoms with E-state index in [1.165, 1.54) is 0 Å². The zero-order chi connectivity index (χ0) is 13.3. The minimum atomic E-state index is -0.879. The van der Waals surface area contributed by atoms with E-state index in [2.05, 4.69) is 15.9 Å². The molecule has 0 aliphatic carbocycles. The predicted octanol–water partition coefficient (Wildman–Crippen LogP) is 4.76. The molecule has 2 rings (SSSR count). The quantitative estimate of drug-likeness (QED) is 0.804. The van der Waals surface area contributed by atoms with E-state index in [0.29, 0.717) is 11.1 Å². The van der Waals surface area contributed by atoms with Gasteiger partial charge in [0.1, 0.15) is 17.3 Å². The van der Waals surface area contributed by atoms with Crippen LogP contribution in [-0.2, 0) is 0 Å². The van der Waals surface area contributed by atoms with Crippen LogP contribution in [0.4, 0.5) is 14.5 Å². The van der Waals surface area contributed by atoms with Gasteiger partial charge in [0.15, 0.2) is 11.6 Å². The summed E-state index contributed by atoms with van der Waals surface area (Å²) in [5, 5.41) is 0.308. The van der Waals surface area contributed by atoms with E-state index in [9.17, 15) is 8.78 Å². The number of hydrogen-bond acceptors (Lipinski definition) is 2. The van der Waals surface area contributed by atoms with E-state index < -0.39 is 11.6 Å². The predicted molar refractivity (Wildman–Crippen MR) is 70.0 cm³/mol. The number of halogens is 4. The number of rotatable bonds is 2. The summed E-state index contributed by atoms with van der Waals surface area (Å²) in [6, 6.07) is 6.56. The molecule has 0 unspecified atom stereocenters. The van der Waals surface area contributed by atoms with Gasteiger partial charge in [-0.3, -0.25) is 0 Å². The van der Waals surface area contributed by atoms with Crippen molar-refractivity contribution in [3.05, 3.63) is 51.5 Å². The fourth-order valence-electron chi connectivity index (χ4n) is 1.32. The first kappa shape index (κ1) is 13.1. The first-order valence-electron chi connectivity index (χ1n) is 4.85. The number of benzene rings is 2. The summed E-state index contributed by atoms with van der Waals surface area (Å²) in [4.78, 5) is 0. The average Bonchev–Trinajstić information content (AvgIpc) is 2.30. The summed E-state index contributed by atoms with van der Waals surface area (Å²) in [6.45, 7) is 0. The van der Waals surface area contributed by atoms with Crippen molar-refractivity contribution < 1.29 is 13.5 Å². The lowest BCUT2D eigenvalue weighted by Crippen LogP contribution is -1.97. The fourth-order valence-corrected chi connectivity index (χ4v) is 1.82. The summed E-state index contributed by atoms with van der Waals surface area (Å²) in [5.41, 5.74) is 5.20.